The predicted octanol–water partition coefficient (Wildman–Crippen LogP) is 15.5. The zero-order valence-corrected chi connectivity index (χ0v) is 33.9. The van der Waals surface area contributed by atoms with Crippen LogP contribution in [0.2, 0.25) is 0 Å². The van der Waals surface area contributed by atoms with Crippen molar-refractivity contribution in [2.45, 2.75) is 0 Å². The Morgan fingerprint density at radius 3 is 1.21 bits per heavy atom. The van der Waals surface area contributed by atoms with E-state index in [4.69, 9.17) is 15.0 Å². The van der Waals surface area contributed by atoms with E-state index in [1.54, 1.807) is 0 Å². The van der Waals surface area contributed by atoms with Crippen LogP contribution in [0.3, 0.4) is 0 Å². The van der Waals surface area contributed by atoms with E-state index in [0.717, 1.165) is 83.6 Å². The van der Waals surface area contributed by atoms with Crippen molar-refractivity contribution >= 4 is 21.7 Å². The molecule has 0 spiro atoms. The van der Waals surface area contributed by atoms with Crippen molar-refractivity contribution in [1.29, 1.82) is 0 Å². The van der Waals surface area contributed by atoms with Gasteiger partial charge in [-0.15, -0.1) is 0 Å². The number of fused-ring (bicyclic) bond motifs is 3. The Morgan fingerprint density at radius 1 is 0.226 bits per heavy atom. The van der Waals surface area contributed by atoms with Crippen molar-refractivity contribution in [3.8, 4) is 89.7 Å². The molecule has 0 N–H and O–H groups in total. The lowest BCUT2D eigenvalue weighted by molar-refractivity contribution is 1.18. The molecule has 0 aliphatic rings. The third-order valence-electron chi connectivity index (χ3n) is 11.7. The van der Waals surface area contributed by atoms with Gasteiger partial charge in [0.25, 0.3) is 0 Å². The maximum atomic E-state index is 5.34. The Hall–Kier alpha value is -8.27. The van der Waals surface area contributed by atoms with Crippen LogP contribution in [-0.2, 0) is 0 Å². The van der Waals surface area contributed by atoms with Gasteiger partial charge >= 0.3 is 0 Å². The first kappa shape index (κ1) is 36.8. The van der Waals surface area contributed by atoms with E-state index in [0.29, 0.717) is 5.82 Å². The molecule has 3 nitrogen and oxygen atoms in total. The molecule has 0 unspecified atom stereocenters. The van der Waals surface area contributed by atoms with Crippen molar-refractivity contribution < 1.29 is 0 Å². The van der Waals surface area contributed by atoms with E-state index in [9.17, 15) is 0 Å². The summed E-state index contributed by atoms with van der Waals surface area (Å²) in [5.74, 6) is 0.684. The highest BCUT2D eigenvalue weighted by molar-refractivity contribution is 6.18. The van der Waals surface area contributed by atoms with Crippen molar-refractivity contribution in [2.75, 3.05) is 0 Å². The lowest BCUT2D eigenvalue weighted by atomic mass is 9.90. The topological polar surface area (TPSA) is 38.7 Å². The zero-order chi connectivity index (χ0) is 41.2. The number of hydrogen-bond acceptors (Lipinski definition) is 3. The minimum Gasteiger partial charge on any atom is -0.248 e. The van der Waals surface area contributed by atoms with Gasteiger partial charge in [0.1, 0.15) is 0 Å². The van der Waals surface area contributed by atoms with E-state index < -0.39 is 0 Å². The van der Waals surface area contributed by atoms with Gasteiger partial charge < -0.3 is 0 Å². The average molecular weight is 790 g/mol. The van der Waals surface area contributed by atoms with Crippen LogP contribution in [-0.4, -0.2) is 15.0 Å². The SMILES string of the molecule is c1ccc(-c2cc(-c3ccccc3)cc(-c3cc(-c4ccc(-c5cc6nc(-c7ccccc7)cc(-c7ccccc7)c6c6ccccc56)cc4)nc(-c4ccccc4)n3)c2)cc1. The number of hydrogen-bond donors (Lipinski definition) is 0. The van der Waals surface area contributed by atoms with Crippen LogP contribution in [0.25, 0.3) is 111 Å². The monoisotopic (exact) mass is 789 g/mol. The van der Waals surface area contributed by atoms with Gasteiger partial charge in [0, 0.05) is 27.6 Å². The summed E-state index contributed by atoms with van der Waals surface area (Å²) in [4.78, 5) is 15.8. The predicted molar refractivity (Wildman–Crippen MR) is 258 cm³/mol. The molecule has 0 aliphatic carbocycles. The number of benzene rings is 9. The molecule has 0 atom stereocenters. The molecule has 290 valence electrons. The average Bonchev–Trinajstić information content (AvgIpc) is 3.37. The van der Waals surface area contributed by atoms with E-state index in [-0.39, 0.29) is 0 Å². The Balaban J connectivity index is 1.06. The second-order valence-corrected chi connectivity index (χ2v) is 15.6. The maximum absolute atomic E-state index is 5.34. The van der Waals surface area contributed by atoms with Crippen LogP contribution in [0.4, 0.5) is 0 Å². The summed E-state index contributed by atoms with van der Waals surface area (Å²) in [6.07, 6.45) is 0. The van der Waals surface area contributed by atoms with Gasteiger partial charge in [-0.3, -0.25) is 0 Å². The summed E-state index contributed by atoms with van der Waals surface area (Å²) >= 11 is 0. The summed E-state index contributed by atoms with van der Waals surface area (Å²) in [7, 11) is 0. The van der Waals surface area contributed by atoms with E-state index in [2.05, 4.69) is 212 Å². The molecule has 0 bridgehead atoms. The molecule has 0 saturated carbocycles. The molecule has 0 amide bonds. The summed E-state index contributed by atoms with van der Waals surface area (Å²) < 4.78 is 0. The van der Waals surface area contributed by atoms with E-state index >= 15 is 0 Å². The van der Waals surface area contributed by atoms with Gasteiger partial charge in [-0.25, -0.2) is 15.0 Å². The fourth-order valence-electron chi connectivity index (χ4n) is 8.59. The first-order valence-electron chi connectivity index (χ1n) is 21.0. The number of nitrogens with zero attached hydrogens (tertiary/aromatic N) is 3. The van der Waals surface area contributed by atoms with Crippen LogP contribution in [0, 0.1) is 0 Å². The second-order valence-electron chi connectivity index (χ2n) is 15.6. The van der Waals surface area contributed by atoms with Crippen molar-refractivity contribution in [1.82, 2.24) is 15.0 Å². The molecule has 2 aromatic heterocycles. The van der Waals surface area contributed by atoms with Crippen LogP contribution in [0.15, 0.2) is 237 Å². The smallest absolute Gasteiger partial charge is 0.160 e. The molecule has 11 rings (SSSR count). The van der Waals surface area contributed by atoms with Gasteiger partial charge in [0.05, 0.1) is 22.6 Å². The largest absolute Gasteiger partial charge is 0.248 e. The minimum absolute atomic E-state index is 0.684. The Morgan fingerprint density at radius 2 is 0.629 bits per heavy atom. The van der Waals surface area contributed by atoms with Gasteiger partial charge in [-0.05, 0) is 91.7 Å². The Labute approximate surface area is 361 Å². The van der Waals surface area contributed by atoms with Gasteiger partial charge in [0.2, 0.25) is 0 Å². The first-order valence-corrected chi connectivity index (χ1v) is 21.0. The highest BCUT2D eigenvalue weighted by Gasteiger charge is 2.18. The normalized spacial score (nSPS) is 11.2. The molecule has 0 aliphatic heterocycles. The fraction of sp³-hybridized carbons (Fsp3) is 0. The number of rotatable bonds is 8. The summed E-state index contributed by atoms with van der Waals surface area (Å²) in [5.41, 5.74) is 16.9. The molecule has 0 fully saturated rings. The molecule has 9 aromatic carbocycles. The van der Waals surface area contributed by atoms with Gasteiger partial charge in [-0.1, -0.05) is 200 Å². The highest BCUT2D eigenvalue weighted by atomic mass is 14.9. The first-order chi connectivity index (χ1) is 30.7. The van der Waals surface area contributed by atoms with Crippen molar-refractivity contribution in [2.24, 2.45) is 0 Å². The quantitative estimate of drug-likeness (QED) is 0.144. The second kappa shape index (κ2) is 16.1. The zero-order valence-electron chi connectivity index (χ0n) is 33.9. The number of aromatic nitrogens is 3. The molecular formula is C59H39N3. The van der Waals surface area contributed by atoms with Crippen molar-refractivity contribution in [3.63, 3.8) is 0 Å². The molecule has 3 heteroatoms. The molecule has 2 heterocycles. The third-order valence-corrected chi connectivity index (χ3v) is 11.7. The van der Waals surface area contributed by atoms with Crippen LogP contribution < -0.4 is 0 Å². The highest BCUT2D eigenvalue weighted by Crippen LogP contribution is 2.41. The van der Waals surface area contributed by atoms with Crippen LogP contribution >= 0.6 is 0 Å². The molecule has 0 radical (unpaired) electrons. The van der Waals surface area contributed by atoms with Crippen molar-refractivity contribution in [3.05, 3.63) is 237 Å². The summed E-state index contributed by atoms with van der Waals surface area (Å²) in [6.45, 7) is 0. The van der Waals surface area contributed by atoms with Gasteiger partial charge in [-0.2, -0.15) is 0 Å². The maximum Gasteiger partial charge on any atom is 0.160 e. The third kappa shape index (κ3) is 7.12. The molecule has 0 saturated heterocycles. The summed E-state index contributed by atoms with van der Waals surface area (Å²) in [5, 5.41) is 3.51. The fourth-order valence-corrected chi connectivity index (χ4v) is 8.59. The summed E-state index contributed by atoms with van der Waals surface area (Å²) in [6, 6.07) is 83.4. The Bertz CT molecular complexity index is 3290. The molecule has 62 heavy (non-hydrogen) atoms. The lowest BCUT2D eigenvalue weighted by Crippen LogP contribution is -1.97. The van der Waals surface area contributed by atoms with E-state index in [1.165, 1.54) is 21.9 Å². The van der Waals surface area contributed by atoms with Crippen LogP contribution in [0.5, 0.6) is 0 Å². The number of pyridine rings is 1. The molecular weight excluding hydrogens is 751 g/mol. The Kier molecular flexibility index (Phi) is 9.53. The minimum atomic E-state index is 0.684. The molecule has 11 aromatic rings. The van der Waals surface area contributed by atoms with Crippen LogP contribution in [0.1, 0.15) is 0 Å². The van der Waals surface area contributed by atoms with E-state index in [1.807, 2.05) is 24.3 Å². The van der Waals surface area contributed by atoms with Gasteiger partial charge in [0.15, 0.2) is 5.82 Å². The standard InChI is InChI=1S/C59H39N3/c1-6-18-40(19-7-1)47-34-48(41-20-8-2-9-21-41)36-49(35-47)56-39-55(61-59(62-56)46-26-14-5-15-27-46)45-32-30-43(31-33-45)52-37-57-58(51-29-17-16-28-50(51)52)53(42-22-10-3-11-23-42)38-54(60-57)44-24-12-4-13-25-44/h1-39H. The lowest BCUT2D eigenvalue weighted by Gasteiger charge is -2.16.